The van der Waals surface area contributed by atoms with E-state index in [0.29, 0.717) is 12.1 Å². The Morgan fingerprint density at radius 3 is 2.74 bits per heavy atom. The maximum Gasteiger partial charge on any atom is 0.121 e. The van der Waals surface area contributed by atoms with E-state index in [2.05, 4.69) is 19.2 Å². The van der Waals surface area contributed by atoms with Gasteiger partial charge in [-0.1, -0.05) is 13.8 Å². The predicted octanol–water partition coefficient (Wildman–Crippen LogP) is 2.89. The molecule has 1 saturated carbocycles. The third-order valence-electron chi connectivity index (χ3n) is 4.14. The van der Waals surface area contributed by atoms with Gasteiger partial charge < -0.3 is 20.5 Å². The number of benzene rings is 1. The molecule has 0 amide bonds. The van der Waals surface area contributed by atoms with Gasteiger partial charge >= 0.3 is 0 Å². The van der Waals surface area contributed by atoms with E-state index in [1.165, 1.54) is 0 Å². The lowest BCUT2D eigenvalue weighted by atomic mass is 9.64. The second kappa shape index (κ2) is 5.29. The summed E-state index contributed by atoms with van der Waals surface area (Å²) in [5.41, 5.74) is 7.80. The molecular formula is C15H24N2O2. The van der Waals surface area contributed by atoms with Gasteiger partial charge in [0.1, 0.15) is 5.75 Å². The Morgan fingerprint density at radius 1 is 1.42 bits per heavy atom. The van der Waals surface area contributed by atoms with Crippen LogP contribution in [0.5, 0.6) is 5.75 Å². The fraction of sp³-hybridized carbons (Fsp3) is 0.600. The zero-order valence-electron chi connectivity index (χ0n) is 12.2. The minimum absolute atomic E-state index is 0.117. The van der Waals surface area contributed by atoms with Crippen molar-refractivity contribution in [2.24, 2.45) is 5.41 Å². The number of nitrogen functional groups attached to an aromatic ring is 1. The molecule has 0 radical (unpaired) electrons. The van der Waals surface area contributed by atoms with Crippen LogP contribution in [0.4, 0.5) is 11.4 Å². The van der Waals surface area contributed by atoms with Crippen molar-refractivity contribution in [1.29, 1.82) is 0 Å². The Kier molecular flexibility index (Phi) is 3.90. The largest absolute Gasteiger partial charge is 0.497 e. The van der Waals surface area contributed by atoms with Gasteiger partial charge in [0.15, 0.2) is 0 Å². The van der Waals surface area contributed by atoms with Gasteiger partial charge in [-0.3, -0.25) is 0 Å². The molecule has 1 aliphatic rings. The highest BCUT2D eigenvalue weighted by Gasteiger charge is 2.48. The summed E-state index contributed by atoms with van der Waals surface area (Å²) in [6, 6.07) is 6.06. The van der Waals surface area contributed by atoms with Crippen LogP contribution in [-0.4, -0.2) is 25.9 Å². The molecule has 1 aliphatic carbocycles. The summed E-state index contributed by atoms with van der Waals surface area (Å²) >= 11 is 0. The molecular weight excluding hydrogens is 240 g/mol. The fourth-order valence-corrected chi connectivity index (χ4v) is 2.59. The lowest BCUT2D eigenvalue weighted by Crippen LogP contribution is -2.58. The van der Waals surface area contributed by atoms with Gasteiger partial charge in [0, 0.05) is 24.1 Å². The molecule has 0 bridgehead atoms. The van der Waals surface area contributed by atoms with Crippen LogP contribution in [0.2, 0.25) is 0 Å². The molecule has 4 nitrogen and oxygen atoms in total. The van der Waals surface area contributed by atoms with Gasteiger partial charge in [-0.15, -0.1) is 0 Å². The van der Waals surface area contributed by atoms with Crippen molar-refractivity contribution >= 4 is 11.4 Å². The highest BCUT2D eigenvalue weighted by molar-refractivity contribution is 5.69. The van der Waals surface area contributed by atoms with Crippen molar-refractivity contribution < 1.29 is 9.47 Å². The van der Waals surface area contributed by atoms with E-state index in [1.807, 2.05) is 25.1 Å². The molecule has 0 saturated heterocycles. The van der Waals surface area contributed by atoms with Gasteiger partial charge in [0.05, 0.1) is 24.6 Å². The molecule has 2 rings (SSSR count). The number of nitrogens with two attached hydrogens (primary N) is 1. The first-order valence-electron chi connectivity index (χ1n) is 6.80. The van der Waals surface area contributed by atoms with Gasteiger partial charge in [-0.2, -0.15) is 0 Å². The number of rotatable bonds is 5. The number of anilines is 2. The molecule has 2 unspecified atom stereocenters. The Bertz CT molecular complexity index is 446. The number of hydrogen-bond acceptors (Lipinski definition) is 4. The second-order valence-corrected chi connectivity index (χ2v) is 5.65. The molecule has 1 fully saturated rings. The molecule has 0 heterocycles. The summed E-state index contributed by atoms with van der Waals surface area (Å²) in [5.74, 6) is 0.815. The van der Waals surface area contributed by atoms with E-state index in [-0.39, 0.29) is 5.41 Å². The van der Waals surface area contributed by atoms with Gasteiger partial charge in [0.2, 0.25) is 0 Å². The van der Waals surface area contributed by atoms with E-state index in [9.17, 15) is 0 Å². The van der Waals surface area contributed by atoms with Crippen LogP contribution in [0, 0.1) is 5.41 Å². The van der Waals surface area contributed by atoms with Crippen LogP contribution in [0.3, 0.4) is 0 Å². The van der Waals surface area contributed by atoms with Crippen LogP contribution < -0.4 is 15.8 Å². The Labute approximate surface area is 115 Å². The van der Waals surface area contributed by atoms with Crippen LogP contribution >= 0.6 is 0 Å². The maximum absolute atomic E-state index is 6.00. The van der Waals surface area contributed by atoms with Crippen molar-refractivity contribution in [2.45, 2.75) is 39.3 Å². The van der Waals surface area contributed by atoms with E-state index in [1.54, 1.807) is 7.11 Å². The molecule has 1 aromatic rings. The van der Waals surface area contributed by atoms with Gasteiger partial charge in [-0.25, -0.2) is 0 Å². The van der Waals surface area contributed by atoms with Gasteiger partial charge in [-0.05, 0) is 25.5 Å². The topological polar surface area (TPSA) is 56.5 Å². The first-order valence-corrected chi connectivity index (χ1v) is 6.80. The summed E-state index contributed by atoms with van der Waals surface area (Å²) in [7, 11) is 1.66. The number of methoxy groups -OCH3 is 1. The summed E-state index contributed by atoms with van der Waals surface area (Å²) in [5, 5.41) is 3.52. The Hall–Kier alpha value is -1.42. The van der Waals surface area contributed by atoms with E-state index in [4.69, 9.17) is 15.2 Å². The second-order valence-electron chi connectivity index (χ2n) is 5.65. The summed E-state index contributed by atoms with van der Waals surface area (Å²) in [6.07, 6.45) is 1.33. The third kappa shape index (κ3) is 2.63. The molecule has 3 N–H and O–H groups in total. The van der Waals surface area contributed by atoms with Crippen molar-refractivity contribution in [2.75, 3.05) is 24.8 Å². The third-order valence-corrected chi connectivity index (χ3v) is 4.14. The van der Waals surface area contributed by atoms with E-state index in [0.717, 1.165) is 30.2 Å². The quantitative estimate of drug-likeness (QED) is 0.803. The molecule has 0 aliphatic heterocycles. The molecule has 0 aromatic heterocycles. The zero-order chi connectivity index (χ0) is 14.0. The average molecular weight is 264 g/mol. The normalized spacial score (nSPS) is 24.6. The molecule has 106 valence electrons. The monoisotopic (exact) mass is 264 g/mol. The smallest absolute Gasteiger partial charge is 0.121 e. The summed E-state index contributed by atoms with van der Waals surface area (Å²) in [6.45, 7) is 7.26. The first-order chi connectivity index (χ1) is 8.98. The fourth-order valence-electron chi connectivity index (χ4n) is 2.59. The molecule has 2 atom stereocenters. The van der Waals surface area contributed by atoms with Gasteiger partial charge in [0.25, 0.3) is 0 Å². The van der Waals surface area contributed by atoms with E-state index >= 15 is 0 Å². The molecule has 1 aromatic carbocycles. The van der Waals surface area contributed by atoms with Crippen LogP contribution in [0.1, 0.15) is 27.2 Å². The summed E-state index contributed by atoms with van der Waals surface area (Å²) < 4.78 is 11.0. The van der Waals surface area contributed by atoms with E-state index < -0.39 is 0 Å². The number of nitrogens with one attached hydrogen (secondary N) is 1. The zero-order valence-corrected chi connectivity index (χ0v) is 12.2. The lowest BCUT2D eigenvalue weighted by molar-refractivity contribution is -0.0975. The predicted molar refractivity (Wildman–Crippen MR) is 78.6 cm³/mol. The minimum Gasteiger partial charge on any atom is -0.497 e. The first kappa shape index (κ1) is 14.0. The van der Waals surface area contributed by atoms with Crippen LogP contribution in [0.15, 0.2) is 18.2 Å². The number of ether oxygens (including phenoxy) is 2. The van der Waals surface area contributed by atoms with Crippen LogP contribution in [-0.2, 0) is 4.74 Å². The molecule has 4 heteroatoms. The van der Waals surface area contributed by atoms with Crippen molar-refractivity contribution in [3.63, 3.8) is 0 Å². The van der Waals surface area contributed by atoms with Crippen LogP contribution in [0.25, 0.3) is 0 Å². The summed E-state index contributed by atoms with van der Waals surface area (Å²) in [4.78, 5) is 0. The minimum atomic E-state index is 0.117. The van der Waals surface area contributed by atoms with Crippen molar-refractivity contribution in [3.8, 4) is 5.75 Å². The molecule has 19 heavy (non-hydrogen) atoms. The highest BCUT2D eigenvalue weighted by Crippen LogP contribution is 2.45. The standard InChI is InChI=1S/C15H24N2O2/c1-5-19-14-9-13(15(14,2)3)17-12-8-10(18-4)6-7-11(12)16/h6-8,13-14,17H,5,9,16H2,1-4H3. The van der Waals surface area contributed by atoms with Crippen molar-refractivity contribution in [1.82, 2.24) is 0 Å². The maximum atomic E-state index is 6.00. The lowest BCUT2D eigenvalue weighted by Gasteiger charge is -2.52. The Morgan fingerprint density at radius 2 is 2.16 bits per heavy atom. The SMILES string of the molecule is CCOC1CC(Nc2cc(OC)ccc2N)C1(C)C. The Balaban J connectivity index is 2.07. The van der Waals surface area contributed by atoms with Crippen molar-refractivity contribution in [3.05, 3.63) is 18.2 Å². The molecule has 0 spiro atoms. The average Bonchev–Trinajstić information content (AvgIpc) is 2.39. The highest BCUT2D eigenvalue weighted by atomic mass is 16.5. The number of hydrogen-bond donors (Lipinski definition) is 2.